The van der Waals surface area contributed by atoms with Gasteiger partial charge < -0.3 is 4.90 Å². The summed E-state index contributed by atoms with van der Waals surface area (Å²) in [6.45, 7) is 1.04. The highest BCUT2D eigenvalue weighted by molar-refractivity contribution is 7.09. The number of piperidine rings is 1. The molecule has 0 bridgehead atoms. The third kappa shape index (κ3) is 3.72. The lowest BCUT2D eigenvalue weighted by molar-refractivity contribution is -0.141. The normalized spacial score (nSPS) is 19.1. The number of rotatable bonds is 3. The molecule has 9 heteroatoms. The third-order valence-corrected chi connectivity index (χ3v) is 4.84. The SMILES string of the molecule is O=C(Cc1ccn[nH]1)N1CCC[C@@H](c2nc(C(F)(F)F)cs2)C1. The Labute approximate surface area is 134 Å². The Morgan fingerprint density at radius 2 is 2.30 bits per heavy atom. The highest BCUT2D eigenvalue weighted by Crippen LogP contribution is 2.35. The van der Waals surface area contributed by atoms with Gasteiger partial charge in [0.1, 0.15) is 0 Å². The predicted octanol–water partition coefficient (Wildman–Crippen LogP) is 2.83. The summed E-state index contributed by atoms with van der Waals surface area (Å²) in [6.07, 6.45) is -1.10. The highest BCUT2D eigenvalue weighted by Gasteiger charge is 2.35. The molecule has 1 atom stereocenters. The topological polar surface area (TPSA) is 61.9 Å². The first-order valence-electron chi connectivity index (χ1n) is 7.22. The average Bonchev–Trinajstić information content (AvgIpc) is 3.18. The van der Waals surface area contributed by atoms with Gasteiger partial charge in [-0.25, -0.2) is 4.98 Å². The molecule has 23 heavy (non-hydrogen) atoms. The van der Waals surface area contributed by atoms with Crippen LogP contribution in [-0.2, 0) is 17.4 Å². The van der Waals surface area contributed by atoms with E-state index in [1.807, 2.05) is 0 Å². The van der Waals surface area contributed by atoms with Crippen molar-refractivity contribution in [1.29, 1.82) is 0 Å². The lowest BCUT2D eigenvalue weighted by atomic mass is 9.98. The maximum Gasteiger partial charge on any atom is 0.434 e. The summed E-state index contributed by atoms with van der Waals surface area (Å²) in [6, 6.07) is 1.73. The van der Waals surface area contributed by atoms with Gasteiger partial charge in [-0.1, -0.05) is 0 Å². The molecule has 3 rings (SSSR count). The Morgan fingerprint density at radius 3 is 2.96 bits per heavy atom. The molecule has 1 N–H and O–H groups in total. The first-order valence-corrected chi connectivity index (χ1v) is 8.10. The molecule has 0 unspecified atom stereocenters. The number of alkyl halides is 3. The Morgan fingerprint density at radius 1 is 1.48 bits per heavy atom. The first-order chi connectivity index (χ1) is 10.9. The van der Waals surface area contributed by atoms with Crippen LogP contribution in [0.4, 0.5) is 13.2 Å². The number of amides is 1. The van der Waals surface area contributed by atoms with Crippen molar-refractivity contribution in [1.82, 2.24) is 20.1 Å². The van der Waals surface area contributed by atoms with Crippen molar-refractivity contribution in [2.45, 2.75) is 31.4 Å². The second-order valence-electron chi connectivity index (χ2n) is 5.51. The summed E-state index contributed by atoms with van der Waals surface area (Å²) in [4.78, 5) is 17.7. The number of carbonyl (C=O) groups excluding carboxylic acids is 1. The molecule has 1 aliphatic heterocycles. The largest absolute Gasteiger partial charge is 0.434 e. The summed E-state index contributed by atoms with van der Waals surface area (Å²) in [5, 5.41) is 8.03. The van der Waals surface area contributed by atoms with E-state index in [0.29, 0.717) is 18.1 Å². The van der Waals surface area contributed by atoms with Crippen LogP contribution in [0.3, 0.4) is 0 Å². The number of aromatic amines is 1. The molecule has 1 aliphatic rings. The number of hydrogen-bond acceptors (Lipinski definition) is 4. The molecule has 0 spiro atoms. The van der Waals surface area contributed by atoms with Crippen molar-refractivity contribution in [3.8, 4) is 0 Å². The van der Waals surface area contributed by atoms with E-state index in [1.165, 1.54) is 0 Å². The summed E-state index contributed by atoms with van der Waals surface area (Å²) in [5.74, 6) is -0.179. The van der Waals surface area contributed by atoms with E-state index in [1.54, 1.807) is 17.2 Å². The summed E-state index contributed by atoms with van der Waals surface area (Å²) in [7, 11) is 0. The van der Waals surface area contributed by atoms with Crippen LogP contribution in [0.1, 0.15) is 35.2 Å². The molecule has 2 aromatic rings. The molecule has 0 radical (unpaired) electrons. The van der Waals surface area contributed by atoms with Crippen LogP contribution < -0.4 is 0 Å². The molecule has 0 saturated carbocycles. The van der Waals surface area contributed by atoms with Crippen LogP contribution in [0.5, 0.6) is 0 Å². The number of hydrogen-bond donors (Lipinski definition) is 1. The number of H-pyrrole nitrogens is 1. The molecule has 3 heterocycles. The number of thiazole rings is 1. The van der Waals surface area contributed by atoms with Crippen molar-refractivity contribution in [2.24, 2.45) is 0 Å². The van der Waals surface area contributed by atoms with E-state index in [2.05, 4.69) is 15.2 Å². The molecule has 124 valence electrons. The lowest BCUT2D eigenvalue weighted by Gasteiger charge is -2.31. The fraction of sp³-hybridized carbons (Fsp3) is 0.500. The smallest absolute Gasteiger partial charge is 0.342 e. The Hall–Kier alpha value is -1.90. The van der Waals surface area contributed by atoms with E-state index in [-0.39, 0.29) is 18.2 Å². The molecule has 2 aromatic heterocycles. The number of likely N-dealkylation sites (tertiary alicyclic amines) is 1. The highest BCUT2D eigenvalue weighted by atomic mass is 32.1. The molecule has 0 aromatic carbocycles. The van der Waals surface area contributed by atoms with Gasteiger partial charge in [0.05, 0.1) is 11.4 Å². The van der Waals surface area contributed by atoms with Crippen LogP contribution in [-0.4, -0.2) is 39.1 Å². The van der Waals surface area contributed by atoms with E-state index < -0.39 is 11.9 Å². The number of nitrogens with one attached hydrogen (secondary N) is 1. The quantitative estimate of drug-likeness (QED) is 0.931. The molecule has 1 amide bonds. The van der Waals surface area contributed by atoms with Gasteiger partial charge in [-0.15, -0.1) is 11.3 Å². The zero-order valence-electron chi connectivity index (χ0n) is 12.1. The number of carbonyl (C=O) groups is 1. The third-order valence-electron chi connectivity index (χ3n) is 3.84. The Balaban J connectivity index is 1.66. The van der Waals surface area contributed by atoms with E-state index >= 15 is 0 Å². The minimum absolute atomic E-state index is 0.0495. The summed E-state index contributed by atoms with van der Waals surface area (Å²) < 4.78 is 38.0. The number of nitrogens with zero attached hydrogens (tertiary/aromatic N) is 3. The van der Waals surface area contributed by atoms with Gasteiger partial charge in [-0.3, -0.25) is 9.89 Å². The van der Waals surface area contributed by atoms with E-state index in [4.69, 9.17) is 0 Å². The molecule has 0 aliphatic carbocycles. The second kappa shape index (κ2) is 6.31. The average molecular weight is 344 g/mol. The van der Waals surface area contributed by atoms with Gasteiger partial charge in [-0.05, 0) is 18.9 Å². The molecular weight excluding hydrogens is 329 g/mol. The molecule has 1 saturated heterocycles. The molecule has 5 nitrogen and oxygen atoms in total. The van der Waals surface area contributed by atoms with Crippen LogP contribution in [0.25, 0.3) is 0 Å². The predicted molar refractivity (Wildman–Crippen MR) is 78.0 cm³/mol. The van der Waals surface area contributed by atoms with Gasteiger partial charge in [0.15, 0.2) is 5.69 Å². The fourth-order valence-corrected chi connectivity index (χ4v) is 3.62. The van der Waals surface area contributed by atoms with Crippen LogP contribution >= 0.6 is 11.3 Å². The Bertz CT molecular complexity index is 668. The fourth-order valence-electron chi connectivity index (χ4n) is 2.67. The second-order valence-corrected chi connectivity index (χ2v) is 6.40. The lowest BCUT2D eigenvalue weighted by Crippen LogP contribution is -2.40. The van der Waals surface area contributed by atoms with Crippen LogP contribution in [0.2, 0.25) is 0 Å². The van der Waals surface area contributed by atoms with Crippen molar-refractivity contribution < 1.29 is 18.0 Å². The first kappa shape index (κ1) is 16.0. The maximum atomic E-state index is 12.7. The number of halogens is 3. The minimum atomic E-state index is -4.42. The summed E-state index contributed by atoms with van der Waals surface area (Å²) >= 11 is 1.02. The van der Waals surface area contributed by atoms with Crippen molar-refractivity contribution in [2.75, 3.05) is 13.1 Å². The standard InChI is InChI=1S/C14H15F3N4OS/c15-14(16,17)11-8-23-13(19-11)9-2-1-5-21(7-9)12(22)6-10-3-4-18-20-10/h3-4,8-9H,1-2,5-7H2,(H,18,20)/t9-/m1/s1. The minimum Gasteiger partial charge on any atom is -0.342 e. The zero-order chi connectivity index (χ0) is 16.4. The molecule has 1 fully saturated rings. The van der Waals surface area contributed by atoms with Crippen molar-refractivity contribution in [3.63, 3.8) is 0 Å². The van der Waals surface area contributed by atoms with Crippen molar-refractivity contribution in [3.05, 3.63) is 34.0 Å². The van der Waals surface area contributed by atoms with Crippen LogP contribution in [0, 0.1) is 0 Å². The van der Waals surface area contributed by atoms with Crippen LogP contribution in [0.15, 0.2) is 17.6 Å². The van der Waals surface area contributed by atoms with Gasteiger partial charge in [0, 0.05) is 36.3 Å². The summed E-state index contributed by atoms with van der Waals surface area (Å²) in [5.41, 5.74) is -0.121. The van der Waals surface area contributed by atoms with Crippen molar-refractivity contribution >= 4 is 17.2 Å². The van der Waals surface area contributed by atoms with Gasteiger partial charge in [0.2, 0.25) is 5.91 Å². The van der Waals surface area contributed by atoms with E-state index in [9.17, 15) is 18.0 Å². The van der Waals surface area contributed by atoms with Gasteiger partial charge in [-0.2, -0.15) is 18.3 Å². The molecular formula is C14H15F3N4OS. The van der Waals surface area contributed by atoms with Gasteiger partial charge in [0.25, 0.3) is 0 Å². The maximum absolute atomic E-state index is 12.7. The monoisotopic (exact) mass is 344 g/mol. The zero-order valence-corrected chi connectivity index (χ0v) is 13.0. The Kier molecular flexibility index (Phi) is 4.38. The van der Waals surface area contributed by atoms with Gasteiger partial charge >= 0.3 is 6.18 Å². The number of aromatic nitrogens is 3. The van der Waals surface area contributed by atoms with E-state index in [0.717, 1.165) is 35.3 Å².